The number of aryl methyl sites for hydroxylation is 1. The Bertz CT molecular complexity index is 1030. The van der Waals surface area contributed by atoms with Crippen molar-refractivity contribution in [2.75, 3.05) is 0 Å². The third kappa shape index (κ3) is 2.06. The second-order valence-electron chi connectivity index (χ2n) is 6.78. The van der Waals surface area contributed by atoms with Crippen LogP contribution < -0.4 is 0 Å². The predicted molar refractivity (Wildman–Crippen MR) is 89.9 cm³/mol. The number of rotatable bonds is 1. The summed E-state index contributed by atoms with van der Waals surface area (Å²) in [4.78, 5) is 8.68. The van der Waals surface area contributed by atoms with Gasteiger partial charge in [-0.2, -0.15) is 8.78 Å². The Morgan fingerprint density at radius 2 is 1.84 bits per heavy atom. The lowest BCUT2D eigenvalue weighted by atomic mass is 9.82. The van der Waals surface area contributed by atoms with Crippen molar-refractivity contribution in [3.63, 3.8) is 0 Å². The van der Waals surface area contributed by atoms with Crippen LogP contribution in [0.4, 0.5) is 13.2 Å². The van der Waals surface area contributed by atoms with E-state index in [9.17, 15) is 13.2 Å². The van der Waals surface area contributed by atoms with E-state index in [0.29, 0.717) is 17.1 Å². The number of hydrogen-bond donors (Lipinski definition) is 0. The molecule has 4 rings (SSSR count). The molecule has 1 aliphatic heterocycles. The van der Waals surface area contributed by atoms with E-state index in [1.807, 2.05) is 19.1 Å². The molecule has 0 amide bonds. The third-order valence-electron chi connectivity index (χ3n) is 4.72. The Morgan fingerprint density at radius 1 is 1.08 bits per heavy atom. The first kappa shape index (κ1) is 15.9. The van der Waals surface area contributed by atoms with Crippen LogP contribution in [0.2, 0.25) is 0 Å². The van der Waals surface area contributed by atoms with Gasteiger partial charge in [-0.3, -0.25) is 9.39 Å². The zero-order valence-corrected chi connectivity index (χ0v) is 14.0. The van der Waals surface area contributed by atoms with Crippen LogP contribution in [0.25, 0.3) is 5.65 Å². The average Bonchev–Trinajstić information content (AvgIpc) is 2.96. The quantitative estimate of drug-likeness (QED) is 0.640. The van der Waals surface area contributed by atoms with Crippen LogP contribution in [-0.2, 0) is 5.92 Å². The van der Waals surface area contributed by atoms with Gasteiger partial charge in [-0.1, -0.05) is 18.2 Å². The topological polar surface area (TPSA) is 29.7 Å². The van der Waals surface area contributed by atoms with Gasteiger partial charge in [0.15, 0.2) is 0 Å². The summed E-state index contributed by atoms with van der Waals surface area (Å²) in [5.74, 6) is -4.33. The molecule has 2 aromatic heterocycles. The van der Waals surface area contributed by atoms with Gasteiger partial charge in [0.25, 0.3) is 0 Å². The van der Waals surface area contributed by atoms with Gasteiger partial charge in [0.05, 0.1) is 23.2 Å². The highest BCUT2D eigenvalue weighted by atomic mass is 19.3. The summed E-state index contributed by atoms with van der Waals surface area (Å²) >= 11 is 0. The number of nitrogens with zero attached hydrogens (tertiary/aromatic N) is 3. The van der Waals surface area contributed by atoms with Crippen molar-refractivity contribution < 1.29 is 13.2 Å². The fourth-order valence-corrected chi connectivity index (χ4v) is 3.28. The summed E-state index contributed by atoms with van der Waals surface area (Å²) in [5.41, 5.74) is 0.284. The SMILES string of the molecule is Cc1cccn2c(C3=NC(C)(C)C(F)(F)c4c(F)cccc43)cnc12. The standard InChI is InChI=1S/C19H16F3N3/c1-11-6-5-9-25-14(10-23-17(11)25)16-12-7-4-8-13(20)15(12)19(21,22)18(2,3)24-16/h4-10H,1-3H3. The van der Waals surface area contributed by atoms with Gasteiger partial charge in [-0.15, -0.1) is 0 Å². The monoisotopic (exact) mass is 343 g/mol. The lowest BCUT2D eigenvalue weighted by Crippen LogP contribution is -2.45. The largest absolute Gasteiger partial charge is 0.300 e. The van der Waals surface area contributed by atoms with Crippen LogP contribution in [-0.4, -0.2) is 20.6 Å². The average molecular weight is 343 g/mol. The molecule has 3 heterocycles. The molecule has 0 N–H and O–H groups in total. The predicted octanol–water partition coefficient (Wildman–Crippen LogP) is 4.50. The Morgan fingerprint density at radius 3 is 2.60 bits per heavy atom. The third-order valence-corrected chi connectivity index (χ3v) is 4.72. The van der Waals surface area contributed by atoms with Gasteiger partial charge in [0.1, 0.15) is 17.0 Å². The molecule has 0 atom stereocenters. The zero-order chi connectivity index (χ0) is 18.0. The van der Waals surface area contributed by atoms with Crippen LogP contribution in [0, 0.1) is 12.7 Å². The van der Waals surface area contributed by atoms with E-state index in [-0.39, 0.29) is 5.56 Å². The van der Waals surface area contributed by atoms with Crippen LogP contribution in [0.5, 0.6) is 0 Å². The molecule has 6 heteroatoms. The van der Waals surface area contributed by atoms with Crippen molar-refractivity contribution in [3.8, 4) is 0 Å². The minimum atomic E-state index is -3.41. The zero-order valence-electron chi connectivity index (χ0n) is 14.0. The molecule has 128 valence electrons. The molecule has 1 aliphatic rings. The minimum Gasteiger partial charge on any atom is -0.298 e. The Labute approximate surface area is 142 Å². The highest BCUT2D eigenvalue weighted by molar-refractivity contribution is 6.14. The molecule has 0 fully saturated rings. The minimum absolute atomic E-state index is 0.104. The van der Waals surface area contributed by atoms with Crippen molar-refractivity contribution >= 4 is 11.4 Å². The Hall–Kier alpha value is -2.63. The number of imidazole rings is 1. The van der Waals surface area contributed by atoms with Crippen molar-refractivity contribution in [2.45, 2.75) is 32.2 Å². The molecule has 0 unspecified atom stereocenters. The summed E-state index contributed by atoms with van der Waals surface area (Å²) in [6.07, 6.45) is 3.39. The van der Waals surface area contributed by atoms with Crippen LogP contribution in [0.3, 0.4) is 0 Å². The number of aliphatic imine (C=N–C) groups is 1. The van der Waals surface area contributed by atoms with Gasteiger partial charge in [-0.05, 0) is 38.5 Å². The van der Waals surface area contributed by atoms with Crippen molar-refractivity contribution in [1.29, 1.82) is 0 Å². The van der Waals surface area contributed by atoms with E-state index < -0.39 is 22.8 Å². The number of hydrogen-bond acceptors (Lipinski definition) is 2. The highest BCUT2D eigenvalue weighted by Crippen LogP contribution is 2.47. The molecule has 25 heavy (non-hydrogen) atoms. The first-order chi connectivity index (χ1) is 11.7. The van der Waals surface area contributed by atoms with E-state index in [0.717, 1.165) is 11.6 Å². The van der Waals surface area contributed by atoms with Gasteiger partial charge >= 0.3 is 5.92 Å². The summed E-state index contributed by atoms with van der Waals surface area (Å²) < 4.78 is 45.9. The first-order valence-corrected chi connectivity index (χ1v) is 7.94. The number of halogens is 3. The summed E-state index contributed by atoms with van der Waals surface area (Å²) in [6.45, 7) is 4.55. The molecule has 0 saturated heterocycles. The van der Waals surface area contributed by atoms with E-state index in [2.05, 4.69) is 9.98 Å². The van der Waals surface area contributed by atoms with E-state index in [1.54, 1.807) is 16.8 Å². The van der Waals surface area contributed by atoms with E-state index in [1.165, 1.54) is 26.0 Å². The normalized spacial score (nSPS) is 18.1. The lowest BCUT2D eigenvalue weighted by Gasteiger charge is -2.37. The van der Waals surface area contributed by atoms with Crippen LogP contribution in [0.1, 0.15) is 36.2 Å². The molecule has 0 spiro atoms. The Kier molecular flexibility index (Phi) is 3.14. The van der Waals surface area contributed by atoms with E-state index >= 15 is 0 Å². The molecular formula is C19H16F3N3. The van der Waals surface area contributed by atoms with Crippen LogP contribution in [0.15, 0.2) is 47.7 Å². The molecule has 0 radical (unpaired) electrons. The summed E-state index contributed by atoms with van der Waals surface area (Å²) in [7, 11) is 0. The second kappa shape index (κ2) is 4.94. The van der Waals surface area contributed by atoms with Gasteiger partial charge in [0.2, 0.25) is 0 Å². The van der Waals surface area contributed by atoms with Crippen molar-refractivity contribution in [1.82, 2.24) is 9.38 Å². The second-order valence-corrected chi connectivity index (χ2v) is 6.78. The maximum atomic E-state index is 14.9. The number of pyridine rings is 1. The molecule has 0 aliphatic carbocycles. The number of fused-ring (bicyclic) bond motifs is 2. The van der Waals surface area contributed by atoms with Crippen molar-refractivity contribution in [2.24, 2.45) is 4.99 Å². The number of benzene rings is 1. The first-order valence-electron chi connectivity index (χ1n) is 7.94. The fourth-order valence-electron chi connectivity index (χ4n) is 3.28. The smallest absolute Gasteiger partial charge is 0.298 e. The van der Waals surface area contributed by atoms with E-state index in [4.69, 9.17) is 0 Å². The van der Waals surface area contributed by atoms with Gasteiger partial charge in [0, 0.05) is 11.8 Å². The fraction of sp³-hybridized carbons (Fsp3) is 0.263. The van der Waals surface area contributed by atoms with Crippen molar-refractivity contribution in [3.05, 3.63) is 70.9 Å². The highest BCUT2D eigenvalue weighted by Gasteiger charge is 2.54. The maximum Gasteiger partial charge on any atom is 0.300 e. The number of aromatic nitrogens is 2. The Balaban J connectivity index is 2.07. The molecule has 3 nitrogen and oxygen atoms in total. The van der Waals surface area contributed by atoms with Crippen LogP contribution >= 0.6 is 0 Å². The molecule has 1 aromatic carbocycles. The van der Waals surface area contributed by atoms with Gasteiger partial charge in [-0.25, -0.2) is 9.37 Å². The number of alkyl halides is 2. The molecule has 0 saturated carbocycles. The summed E-state index contributed by atoms with van der Waals surface area (Å²) in [6, 6.07) is 7.73. The maximum absolute atomic E-state index is 14.9. The molecular weight excluding hydrogens is 327 g/mol. The lowest BCUT2D eigenvalue weighted by molar-refractivity contribution is -0.0710. The molecule has 0 bridgehead atoms. The summed E-state index contributed by atoms with van der Waals surface area (Å²) in [5, 5.41) is 0. The van der Waals surface area contributed by atoms with Gasteiger partial charge < -0.3 is 0 Å². The molecule has 3 aromatic rings.